The van der Waals surface area contributed by atoms with Crippen LogP contribution in [0.5, 0.6) is 0 Å². The summed E-state index contributed by atoms with van der Waals surface area (Å²) < 4.78 is 1.88. The van der Waals surface area contributed by atoms with Crippen LogP contribution in [-0.4, -0.2) is 45.8 Å². The van der Waals surface area contributed by atoms with Gasteiger partial charge in [0.05, 0.1) is 0 Å². The zero-order chi connectivity index (χ0) is 10.3. The highest BCUT2D eigenvalue weighted by molar-refractivity contribution is 5.64. The minimum absolute atomic E-state index is 0.565. The normalized spacial score (nSPS) is 17.0. The zero-order valence-corrected chi connectivity index (χ0v) is 8.46. The van der Waals surface area contributed by atoms with Gasteiger partial charge in [-0.1, -0.05) is 0 Å². The lowest BCUT2D eigenvalue weighted by atomic mass is 10.1. The molecule has 15 heavy (non-hydrogen) atoms. The highest BCUT2D eigenvalue weighted by Crippen LogP contribution is 2.21. The number of nitrogens with zero attached hydrogens (tertiary/aromatic N) is 5. The molecule has 1 N–H and O–H groups in total. The maximum absolute atomic E-state index is 4.34. The van der Waals surface area contributed by atoms with Gasteiger partial charge in [0.25, 0.3) is 0 Å². The molecule has 2 aromatic heterocycles. The van der Waals surface area contributed by atoms with Crippen LogP contribution >= 0.6 is 0 Å². The summed E-state index contributed by atoms with van der Waals surface area (Å²) in [6.07, 6.45) is 5.32. The molecule has 1 aliphatic heterocycles. The lowest BCUT2D eigenvalue weighted by Gasteiger charge is -2.39. The van der Waals surface area contributed by atoms with E-state index >= 15 is 0 Å². The maximum Gasteiger partial charge on any atom is 0.203 e. The smallest absolute Gasteiger partial charge is 0.203 e. The minimum atomic E-state index is 0.565. The van der Waals surface area contributed by atoms with Crippen molar-refractivity contribution in [2.75, 3.05) is 25.0 Å². The molecule has 0 aromatic carbocycles. The van der Waals surface area contributed by atoms with E-state index in [4.69, 9.17) is 0 Å². The van der Waals surface area contributed by atoms with Crippen molar-refractivity contribution < 1.29 is 0 Å². The summed E-state index contributed by atoms with van der Waals surface area (Å²) >= 11 is 0. The number of anilines is 1. The molecule has 3 heterocycles. The summed E-state index contributed by atoms with van der Waals surface area (Å²) in [5.41, 5.74) is 0.826. The molecule has 3 rings (SSSR count). The van der Waals surface area contributed by atoms with Gasteiger partial charge in [0.2, 0.25) is 5.65 Å². The number of fused-ring (bicyclic) bond motifs is 1. The Bertz CT molecular complexity index is 472. The fraction of sp³-hybridized carbons (Fsp3) is 0.444. The predicted octanol–water partition coefficient (Wildman–Crippen LogP) is -0.468. The Morgan fingerprint density at radius 3 is 3.13 bits per heavy atom. The van der Waals surface area contributed by atoms with Gasteiger partial charge in [-0.25, -0.2) is 4.98 Å². The van der Waals surface area contributed by atoms with Crippen molar-refractivity contribution in [3.05, 3.63) is 18.7 Å². The average Bonchev–Trinajstić information content (AvgIpc) is 2.64. The van der Waals surface area contributed by atoms with E-state index in [2.05, 4.69) is 25.4 Å². The zero-order valence-electron chi connectivity index (χ0n) is 8.46. The van der Waals surface area contributed by atoms with Crippen LogP contribution in [0.1, 0.15) is 0 Å². The second-order valence-electron chi connectivity index (χ2n) is 3.70. The first kappa shape index (κ1) is 8.60. The molecule has 1 saturated heterocycles. The molecule has 0 radical (unpaired) electrons. The van der Waals surface area contributed by atoms with E-state index in [-0.39, 0.29) is 0 Å². The molecular formula is C9H12N6. The van der Waals surface area contributed by atoms with Gasteiger partial charge in [-0.05, 0) is 7.05 Å². The first-order valence-electron chi connectivity index (χ1n) is 4.95. The Balaban J connectivity index is 1.95. The third-order valence-corrected chi connectivity index (χ3v) is 2.79. The Morgan fingerprint density at radius 2 is 2.33 bits per heavy atom. The Hall–Kier alpha value is -1.69. The van der Waals surface area contributed by atoms with Crippen LogP contribution in [-0.2, 0) is 0 Å². The number of hydrogen-bond acceptors (Lipinski definition) is 5. The summed E-state index contributed by atoms with van der Waals surface area (Å²) in [5, 5.41) is 11.2. The second kappa shape index (κ2) is 3.16. The molecule has 0 amide bonds. The molecule has 0 aliphatic carbocycles. The summed E-state index contributed by atoms with van der Waals surface area (Å²) in [6, 6.07) is 0.565. The molecule has 0 atom stereocenters. The van der Waals surface area contributed by atoms with Gasteiger partial charge in [0, 0.05) is 31.5 Å². The van der Waals surface area contributed by atoms with E-state index < -0.39 is 0 Å². The van der Waals surface area contributed by atoms with Crippen LogP contribution in [0.4, 0.5) is 5.82 Å². The topological polar surface area (TPSA) is 58.4 Å². The van der Waals surface area contributed by atoms with Gasteiger partial charge in [0.15, 0.2) is 5.82 Å². The SMILES string of the molecule is CNC1CN(c2nccn3cnnc23)C1. The minimum Gasteiger partial charge on any atom is -0.350 e. The van der Waals surface area contributed by atoms with Crippen molar-refractivity contribution in [1.29, 1.82) is 0 Å². The molecule has 0 spiro atoms. The van der Waals surface area contributed by atoms with Crippen molar-refractivity contribution in [3.8, 4) is 0 Å². The lowest BCUT2D eigenvalue weighted by molar-refractivity contribution is 0.447. The standard InChI is InChI=1S/C9H12N6/c1-10-7-4-15(5-7)8-9-13-12-6-14(9)3-2-11-8/h2-3,6-7,10H,4-5H2,1H3. The van der Waals surface area contributed by atoms with Crippen molar-refractivity contribution in [3.63, 3.8) is 0 Å². The van der Waals surface area contributed by atoms with Crippen LogP contribution in [0.15, 0.2) is 18.7 Å². The van der Waals surface area contributed by atoms with E-state index in [9.17, 15) is 0 Å². The van der Waals surface area contributed by atoms with Crippen LogP contribution in [0.3, 0.4) is 0 Å². The van der Waals surface area contributed by atoms with E-state index in [1.54, 1.807) is 12.5 Å². The van der Waals surface area contributed by atoms with Crippen LogP contribution in [0, 0.1) is 0 Å². The van der Waals surface area contributed by atoms with Gasteiger partial charge < -0.3 is 10.2 Å². The lowest BCUT2D eigenvalue weighted by Crippen LogP contribution is -2.57. The van der Waals surface area contributed by atoms with Crippen LogP contribution < -0.4 is 10.2 Å². The molecule has 2 aromatic rings. The summed E-state index contributed by atoms with van der Waals surface area (Å²) in [6.45, 7) is 1.96. The first-order valence-corrected chi connectivity index (χ1v) is 4.95. The highest BCUT2D eigenvalue weighted by atomic mass is 15.3. The number of likely N-dealkylation sites (N-methyl/N-ethyl adjacent to an activating group) is 1. The predicted molar refractivity (Wildman–Crippen MR) is 55.8 cm³/mol. The molecule has 0 bridgehead atoms. The Labute approximate surface area is 86.9 Å². The first-order chi connectivity index (χ1) is 7.38. The van der Waals surface area contributed by atoms with E-state index in [1.165, 1.54) is 0 Å². The van der Waals surface area contributed by atoms with Gasteiger partial charge in [-0.3, -0.25) is 4.40 Å². The number of nitrogens with one attached hydrogen (secondary N) is 1. The Kier molecular flexibility index (Phi) is 1.81. The van der Waals surface area contributed by atoms with Crippen LogP contribution in [0.2, 0.25) is 0 Å². The third-order valence-electron chi connectivity index (χ3n) is 2.79. The molecule has 6 nitrogen and oxygen atoms in total. The van der Waals surface area contributed by atoms with Gasteiger partial charge in [-0.15, -0.1) is 10.2 Å². The summed E-state index contributed by atoms with van der Waals surface area (Å²) in [4.78, 5) is 6.54. The molecule has 1 fully saturated rings. The monoisotopic (exact) mass is 204 g/mol. The molecule has 0 unspecified atom stereocenters. The fourth-order valence-electron chi connectivity index (χ4n) is 1.80. The van der Waals surface area contributed by atoms with Gasteiger partial charge in [0.1, 0.15) is 6.33 Å². The van der Waals surface area contributed by atoms with Crippen molar-refractivity contribution in [2.45, 2.75) is 6.04 Å². The van der Waals surface area contributed by atoms with Crippen molar-refractivity contribution >= 4 is 11.5 Å². The third kappa shape index (κ3) is 1.25. The van der Waals surface area contributed by atoms with Crippen LogP contribution in [0.25, 0.3) is 5.65 Å². The largest absolute Gasteiger partial charge is 0.350 e. The molecular weight excluding hydrogens is 192 g/mol. The van der Waals surface area contributed by atoms with E-state index in [0.29, 0.717) is 6.04 Å². The van der Waals surface area contributed by atoms with E-state index in [0.717, 1.165) is 24.6 Å². The fourth-order valence-corrected chi connectivity index (χ4v) is 1.80. The molecule has 78 valence electrons. The molecule has 1 aliphatic rings. The second-order valence-corrected chi connectivity index (χ2v) is 3.70. The summed E-state index contributed by atoms with van der Waals surface area (Å²) in [5.74, 6) is 0.918. The quantitative estimate of drug-likeness (QED) is 0.717. The molecule has 6 heteroatoms. The summed E-state index contributed by atoms with van der Waals surface area (Å²) in [7, 11) is 1.98. The van der Waals surface area contributed by atoms with Crippen molar-refractivity contribution in [2.24, 2.45) is 0 Å². The van der Waals surface area contributed by atoms with Gasteiger partial charge >= 0.3 is 0 Å². The maximum atomic E-state index is 4.34. The average molecular weight is 204 g/mol. The number of hydrogen-bond donors (Lipinski definition) is 1. The Morgan fingerprint density at radius 1 is 1.47 bits per heavy atom. The van der Waals surface area contributed by atoms with E-state index in [1.807, 2.05) is 17.6 Å². The number of aromatic nitrogens is 4. The highest BCUT2D eigenvalue weighted by Gasteiger charge is 2.28. The van der Waals surface area contributed by atoms with Gasteiger partial charge in [-0.2, -0.15) is 0 Å². The van der Waals surface area contributed by atoms with Crippen molar-refractivity contribution in [1.82, 2.24) is 24.9 Å². The number of rotatable bonds is 2. The molecule has 0 saturated carbocycles.